The van der Waals surface area contributed by atoms with Crippen LogP contribution in [-0.4, -0.2) is 86.3 Å². The molecule has 13 nitrogen and oxygen atoms in total. The molecule has 0 spiro atoms. The fourth-order valence-electron chi connectivity index (χ4n) is 4.37. The molecule has 0 radical (unpaired) electrons. The number of ether oxygens (including phenoxy) is 2. The lowest BCUT2D eigenvalue weighted by atomic mass is 10.0. The standard InChI is InChI=1S/C23H28N4O8S2.C6H15N/c1-5-6-12(13-10-36-14(25-13)7-15(28)35-23(2,3)4)18(29)26-16-19(30)27-17(21(31)32)11(8-34-22(24)33)9-37-20(16)27;1-5(2)7-6(3)4/h6,10,16,20H,5,7-9H2,1-4H3,(H2,24,33)(H,26,29)(H,31,32);5-7H,1-4H3/b12-6-;/t16-,20-;/m1./s1. The Bertz CT molecular complexity index is 1290. The van der Waals surface area contributed by atoms with E-state index < -0.39 is 46.9 Å². The van der Waals surface area contributed by atoms with Crippen LogP contribution < -0.4 is 16.4 Å². The highest BCUT2D eigenvalue weighted by molar-refractivity contribution is 8.00. The van der Waals surface area contributed by atoms with E-state index in [4.69, 9.17) is 15.2 Å². The third-order valence-corrected chi connectivity index (χ3v) is 7.98. The lowest BCUT2D eigenvalue weighted by Gasteiger charge is -2.49. The number of allylic oxidation sites excluding steroid dienone is 1. The number of esters is 1. The average Bonchev–Trinajstić information content (AvgIpc) is 3.34. The predicted octanol–water partition coefficient (Wildman–Crippen LogP) is 3.05. The molecule has 1 saturated heterocycles. The van der Waals surface area contributed by atoms with E-state index in [9.17, 15) is 29.1 Å². The van der Waals surface area contributed by atoms with Crippen molar-refractivity contribution in [2.45, 2.75) is 97.3 Å². The zero-order valence-electron chi connectivity index (χ0n) is 26.4. The van der Waals surface area contributed by atoms with E-state index in [1.807, 2.05) is 6.92 Å². The summed E-state index contributed by atoms with van der Waals surface area (Å²) in [5.41, 5.74) is 4.89. The summed E-state index contributed by atoms with van der Waals surface area (Å²) in [6.07, 6.45) is 1.08. The van der Waals surface area contributed by atoms with E-state index in [2.05, 4.69) is 43.3 Å². The number of primary amides is 1. The lowest BCUT2D eigenvalue weighted by molar-refractivity contribution is -0.154. The molecule has 0 bridgehead atoms. The number of carbonyl (C=O) groups excluding carboxylic acids is 4. The largest absolute Gasteiger partial charge is 0.477 e. The summed E-state index contributed by atoms with van der Waals surface area (Å²) in [6.45, 7) is 15.4. The Morgan fingerprint density at radius 2 is 1.84 bits per heavy atom. The Kier molecular flexibility index (Phi) is 13.4. The van der Waals surface area contributed by atoms with Gasteiger partial charge >= 0.3 is 18.0 Å². The first kappa shape index (κ1) is 36.8. The summed E-state index contributed by atoms with van der Waals surface area (Å²) < 4.78 is 10.0. The van der Waals surface area contributed by atoms with Gasteiger partial charge in [-0.2, -0.15) is 0 Å². The van der Waals surface area contributed by atoms with Crippen LogP contribution in [0, 0.1) is 0 Å². The molecular weight excluding hydrogens is 610 g/mol. The number of rotatable bonds is 11. The van der Waals surface area contributed by atoms with Gasteiger partial charge in [0, 0.05) is 28.8 Å². The third-order valence-electron chi connectivity index (χ3n) is 5.79. The molecule has 15 heteroatoms. The van der Waals surface area contributed by atoms with Crippen molar-refractivity contribution in [1.29, 1.82) is 0 Å². The van der Waals surface area contributed by atoms with Crippen LogP contribution in [0.3, 0.4) is 0 Å². The fraction of sp³-hybridized carbons (Fsp3) is 0.586. The van der Waals surface area contributed by atoms with Crippen LogP contribution in [0.1, 0.15) is 72.5 Å². The molecule has 2 atom stereocenters. The van der Waals surface area contributed by atoms with Crippen molar-refractivity contribution < 1.29 is 38.6 Å². The first-order chi connectivity index (χ1) is 20.4. The molecule has 0 saturated carbocycles. The molecule has 3 heterocycles. The number of carbonyl (C=O) groups is 5. The highest BCUT2D eigenvalue weighted by Crippen LogP contribution is 2.40. The minimum Gasteiger partial charge on any atom is -0.477 e. The molecule has 1 aromatic rings. The minimum absolute atomic E-state index is 0.0379. The van der Waals surface area contributed by atoms with Gasteiger partial charge in [-0.05, 0) is 27.2 Å². The number of nitrogens with zero attached hydrogens (tertiary/aromatic N) is 2. The van der Waals surface area contributed by atoms with Gasteiger partial charge in [0.25, 0.3) is 11.8 Å². The monoisotopic (exact) mass is 653 g/mol. The van der Waals surface area contributed by atoms with Crippen molar-refractivity contribution >= 4 is 58.5 Å². The second kappa shape index (κ2) is 16.0. The minimum atomic E-state index is -1.35. The Balaban J connectivity index is 0.000000860. The number of carboxylic acid groups (broad SMARTS) is 1. The number of fused-ring (bicyclic) bond motifs is 1. The number of nitrogens with one attached hydrogen (secondary N) is 2. The Labute approximate surface area is 266 Å². The van der Waals surface area contributed by atoms with Crippen molar-refractivity contribution in [3.63, 3.8) is 0 Å². The smallest absolute Gasteiger partial charge is 0.404 e. The molecule has 44 heavy (non-hydrogen) atoms. The average molecular weight is 654 g/mol. The van der Waals surface area contributed by atoms with Gasteiger partial charge in [0.05, 0.1) is 17.7 Å². The van der Waals surface area contributed by atoms with Gasteiger partial charge in [-0.1, -0.05) is 40.7 Å². The van der Waals surface area contributed by atoms with Crippen LogP contribution in [0.15, 0.2) is 22.7 Å². The van der Waals surface area contributed by atoms with E-state index in [0.717, 1.165) is 4.90 Å². The fourth-order valence-corrected chi connectivity index (χ4v) is 6.48. The van der Waals surface area contributed by atoms with Crippen LogP contribution in [0.2, 0.25) is 0 Å². The summed E-state index contributed by atoms with van der Waals surface area (Å²) in [5.74, 6) is -2.75. The van der Waals surface area contributed by atoms with Crippen LogP contribution in [0.25, 0.3) is 5.57 Å². The van der Waals surface area contributed by atoms with Gasteiger partial charge in [0.2, 0.25) is 0 Å². The second-order valence-corrected chi connectivity index (χ2v) is 13.7. The SMILES string of the molecule is CC(C)NC(C)C.CC/C=C(\C(=O)N[C@@H]1C(=O)N2C(C(=O)O)=C(COC(N)=O)CS[C@H]12)c1csc(CC(=O)OC(C)(C)C)n1. The number of aromatic nitrogens is 1. The molecule has 0 aliphatic carbocycles. The van der Waals surface area contributed by atoms with Crippen molar-refractivity contribution in [2.75, 3.05) is 12.4 Å². The van der Waals surface area contributed by atoms with E-state index >= 15 is 0 Å². The van der Waals surface area contributed by atoms with Crippen molar-refractivity contribution in [3.8, 4) is 0 Å². The summed E-state index contributed by atoms with van der Waals surface area (Å²) in [5, 5.41) is 17.1. The van der Waals surface area contributed by atoms with E-state index in [1.54, 1.807) is 32.2 Å². The maximum absolute atomic E-state index is 13.1. The van der Waals surface area contributed by atoms with Gasteiger partial charge in [-0.25, -0.2) is 14.6 Å². The predicted molar refractivity (Wildman–Crippen MR) is 169 cm³/mol. The van der Waals surface area contributed by atoms with E-state index in [0.29, 0.717) is 29.2 Å². The first-order valence-corrected chi connectivity index (χ1v) is 16.1. The molecule has 5 N–H and O–H groups in total. The molecule has 1 aromatic heterocycles. The van der Waals surface area contributed by atoms with Crippen molar-refractivity contribution in [2.24, 2.45) is 5.73 Å². The Morgan fingerprint density at radius 3 is 2.34 bits per heavy atom. The zero-order valence-corrected chi connectivity index (χ0v) is 28.0. The summed E-state index contributed by atoms with van der Waals surface area (Å²) in [4.78, 5) is 66.4. The summed E-state index contributed by atoms with van der Waals surface area (Å²) in [7, 11) is 0. The van der Waals surface area contributed by atoms with Crippen molar-refractivity contribution in [3.05, 3.63) is 33.4 Å². The van der Waals surface area contributed by atoms with Crippen LogP contribution in [0.4, 0.5) is 4.79 Å². The first-order valence-electron chi connectivity index (χ1n) is 14.2. The van der Waals surface area contributed by atoms with Gasteiger partial charge in [-0.3, -0.25) is 19.3 Å². The number of thioether (sulfide) groups is 1. The normalized spacial score (nSPS) is 18.3. The maximum Gasteiger partial charge on any atom is 0.404 e. The molecule has 0 aromatic carbocycles. The van der Waals surface area contributed by atoms with E-state index in [-0.39, 0.29) is 35.6 Å². The topological polar surface area (TPSA) is 190 Å². The number of amides is 3. The van der Waals surface area contributed by atoms with E-state index in [1.165, 1.54) is 23.1 Å². The zero-order chi connectivity index (χ0) is 33.4. The van der Waals surface area contributed by atoms with Crippen LogP contribution in [-0.2, 0) is 35.1 Å². The maximum atomic E-state index is 13.1. The third kappa shape index (κ3) is 10.6. The summed E-state index contributed by atoms with van der Waals surface area (Å²) >= 11 is 2.45. The quantitative estimate of drug-likeness (QED) is 0.156. The Hall–Kier alpha value is -3.43. The van der Waals surface area contributed by atoms with Crippen molar-refractivity contribution in [1.82, 2.24) is 20.5 Å². The number of carboxylic acids is 1. The molecule has 2 aliphatic heterocycles. The van der Waals surface area contributed by atoms with Gasteiger partial charge in [0.15, 0.2) is 0 Å². The number of hydrogen-bond donors (Lipinski definition) is 4. The molecule has 1 fully saturated rings. The molecule has 0 unspecified atom stereocenters. The second-order valence-electron chi connectivity index (χ2n) is 11.6. The molecule has 3 amide bonds. The highest BCUT2D eigenvalue weighted by Gasteiger charge is 2.54. The number of thiazole rings is 1. The number of aliphatic carboxylic acids is 1. The van der Waals surface area contributed by atoms with Gasteiger partial charge in [-0.15, -0.1) is 23.1 Å². The van der Waals surface area contributed by atoms with Crippen LogP contribution in [0.5, 0.6) is 0 Å². The number of nitrogens with two attached hydrogens (primary N) is 1. The molecule has 3 rings (SSSR count). The number of β-lactam (4-membered cyclic amide) rings is 1. The highest BCUT2D eigenvalue weighted by atomic mass is 32.2. The molecule has 2 aliphatic rings. The molecule has 244 valence electrons. The van der Waals surface area contributed by atoms with Crippen LogP contribution >= 0.6 is 23.1 Å². The van der Waals surface area contributed by atoms with Gasteiger partial charge in [0.1, 0.15) is 34.3 Å². The lowest BCUT2D eigenvalue weighted by Crippen LogP contribution is -2.70. The number of hydrogen-bond acceptors (Lipinski definition) is 11. The van der Waals surface area contributed by atoms with Gasteiger partial charge < -0.3 is 30.9 Å². The Morgan fingerprint density at radius 1 is 1.20 bits per heavy atom. The summed E-state index contributed by atoms with van der Waals surface area (Å²) in [6, 6.07) is 0.297. The molecular formula is C29H43N5O8S2.